The van der Waals surface area contributed by atoms with Gasteiger partial charge in [-0.2, -0.15) is 4.31 Å². The highest BCUT2D eigenvalue weighted by Crippen LogP contribution is 2.27. The molecule has 0 aliphatic heterocycles. The first-order valence-electron chi connectivity index (χ1n) is 6.63. The standard InChI is InChI=1S/C14H19NO4S/c1-15(12-5-3-4-6-12)20(17,18)13-9-7-11(8-10-13)14(16)19-2/h7-10,12H,3-6H2,1-2H3. The van der Waals surface area contributed by atoms with E-state index in [9.17, 15) is 13.2 Å². The first kappa shape index (κ1) is 15.0. The highest BCUT2D eigenvalue weighted by molar-refractivity contribution is 7.89. The third-order valence-corrected chi connectivity index (χ3v) is 5.72. The number of ether oxygens (including phenoxy) is 1. The molecule has 0 bridgehead atoms. The second-order valence-electron chi connectivity index (χ2n) is 4.98. The van der Waals surface area contributed by atoms with Crippen LogP contribution in [0.2, 0.25) is 0 Å². The molecule has 1 fully saturated rings. The lowest BCUT2D eigenvalue weighted by Gasteiger charge is -2.23. The molecule has 0 unspecified atom stereocenters. The number of carbonyl (C=O) groups excluding carboxylic acids is 1. The molecule has 5 nitrogen and oxygen atoms in total. The van der Waals surface area contributed by atoms with Crippen LogP contribution in [-0.2, 0) is 14.8 Å². The van der Waals surface area contributed by atoms with Crippen LogP contribution in [0, 0.1) is 0 Å². The molecule has 0 atom stereocenters. The molecular formula is C14H19NO4S. The lowest BCUT2D eigenvalue weighted by molar-refractivity contribution is 0.0600. The van der Waals surface area contributed by atoms with Crippen LogP contribution >= 0.6 is 0 Å². The number of hydrogen-bond donors (Lipinski definition) is 0. The first-order chi connectivity index (χ1) is 9.46. The highest BCUT2D eigenvalue weighted by atomic mass is 32.2. The molecule has 0 amide bonds. The number of rotatable bonds is 4. The Morgan fingerprint density at radius 3 is 2.25 bits per heavy atom. The van der Waals surface area contributed by atoms with Gasteiger partial charge in [0.2, 0.25) is 10.0 Å². The predicted octanol–water partition coefficient (Wildman–Crippen LogP) is 2.04. The smallest absolute Gasteiger partial charge is 0.337 e. The zero-order valence-corrected chi connectivity index (χ0v) is 12.5. The van der Waals surface area contributed by atoms with Crippen LogP contribution in [0.4, 0.5) is 0 Å². The van der Waals surface area contributed by atoms with Crippen LogP contribution in [0.3, 0.4) is 0 Å². The van der Waals surface area contributed by atoms with Crippen molar-refractivity contribution in [3.8, 4) is 0 Å². The summed E-state index contributed by atoms with van der Waals surface area (Å²) < 4.78 is 31.0. The van der Waals surface area contributed by atoms with Gasteiger partial charge in [-0.3, -0.25) is 0 Å². The number of methoxy groups -OCH3 is 1. The van der Waals surface area contributed by atoms with Crippen LogP contribution in [0.1, 0.15) is 36.0 Å². The highest BCUT2D eigenvalue weighted by Gasteiger charge is 2.29. The fourth-order valence-corrected chi connectivity index (χ4v) is 3.93. The summed E-state index contributed by atoms with van der Waals surface area (Å²) in [4.78, 5) is 11.5. The lowest BCUT2D eigenvalue weighted by atomic mass is 10.2. The zero-order valence-electron chi connectivity index (χ0n) is 11.7. The van der Waals surface area contributed by atoms with E-state index >= 15 is 0 Å². The van der Waals surface area contributed by atoms with Gasteiger partial charge in [0, 0.05) is 13.1 Å². The second-order valence-corrected chi connectivity index (χ2v) is 6.97. The molecule has 2 rings (SSSR count). The molecule has 0 spiro atoms. The van der Waals surface area contributed by atoms with Gasteiger partial charge in [0.1, 0.15) is 0 Å². The van der Waals surface area contributed by atoms with Gasteiger partial charge in [-0.05, 0) is 37.1 Å². The Morgan fingerprint density at radius 2 is 1.75 bits per heavy atom. The maximum Gasteiger partial charge on any atom is 0.337 e. The van der Waals surface area contributed by atoms with E-state index in [0.29, 0.717) is 5.56 Å². The van der Waals surface area contributed by atoms with Gasteiger partial charge in [0.25, 0.3) is 0 Å². The molecule has 0 heterocycles. The van der Waals surface area contributed by atoms with Crippen molar-refractivity contribution in [2.45, 2.75) is 36.6 Å². The van der Waals surface area contributed by atoms with E-state index in [-0.39, 0.29) is 10.9 Å². The summed E-state index contributed by atoms with van der Waals surface area (Å²) in [6, 6.07) is 5.93. The first-order valence-corrected chi connectivity index (χ1v) is 8.07. The Kier molecular flexibility index (Phi) is 4.45. The van der Waals surface area contributed by atoms with E-state index in [1.807, 2.05) is 0 Å². The number of carbonyl (C=O) groups is 1. The van der Waals surface area contributed by atoms with E-state index in [2.05, 4.69) is 4.74 Å². The quantitative estimate of drug-likeness (QED) is 0.798. The Labute approximate surface area is 119 Å². The summed E-state index contributed by atoms with van der Waals surface area (Å²) >= 11 is 0. The topological polar surface area (TPSA) is 63.7 Å². The molecule has 1 saturated carbocycles. The molecule has 0 saturated heterocycles. The summed E-state index contributed by atoms with van der Waals surface area (Å²) in [5.74, 6) is -0.474. The summed E-state index contributed by atoms with van der Waals surface area (Å²) in [6.07, 6.45) is 3.98. The SMILES string of the molecule is COC(=O)c1ccc(S(=O)(=O)N(C)C2CCCC2)cc1. The number of benzene rings is 1. The third-order valence-electron chi connectivity index (χ3n) is 3.79. The minimum absolute atomic E-state index is 0.0836. The molecular weight excluding hydrogens is 278 g/mol. The van der Waals surface area contributed by atoms with Crippen LogP contribution < -0.4 is 0 Å². The van der Waals surface area contributed by atoms with Crippen molar-refractivity contribution in [1.82, 2.24) is 4.31 Å². The van der Waals surface area contributed by atoms with Crippen LogP contribution in [-0.4, -0.2) is 38.9 Å². The number of sulfonamides is 1. The zero-order chi connectivity index (χ0) is 14.8. The predicted molar refractivity (Wildman–Crippen MR) is 75.0 cm³/mol. The van der Waals surface area contributed by atoms with Gasteiger partial charge >= 0.3 is 5.97 Å². The summed E-state index contributed by atoms with van der Waals surface area (Å²) in [7, 11) is -0.573. The van der Waals surface area contributed by atoms with Crippen LogP contribution in [0.25, 0.3) is 0 Å². The molecule has 20 heavy (non-hydrogen) atoms. The van der Waals surface area contributed by atoms with Crippen molar-refractivity contribution < 1.29 is 17.9 Å². The maximum atomic E-state index is 12.5. The third kappa shape index (κ3) is 2.86. The van der Waals surface area contributed by atoms with Gasteiger partial charge in [-0.25, -0.2) is 13.2 Å². The number of esters is 1. The lowest BCUT2D eigenvalue weighted by Crippen LogP contribution is -2.35. The monoisotopic (exact) mass is 297 g/mol. The fraction of sp³-hybridized carbons (Fsp3) is 0.500. The van der Waals surface area contributed by atoms with Gasteiger partial charge < -0.3 is 4.74 Å². The molecule has 1 aliphatic rings. The molecule has 1 aliphatic carbocycles. The number of nitrogens with zero attached hydrogens (tertiary/aromatic N) is 1. The van der Waals surface area contributed by atoms with Crippen molar-refractivity contribution in [1.29, 1.82) is 0 Å². The maximum absolute atomic E-state index is 12.5. The minimum atomic E-state index is -3.49. The fourth-order valence-electron chi connectivity index (χ4n) is 2.51. The molecule has 0 radical (unpaired) electrons. The van der Waals surface area contributed by atoms with E-state index < -0.39 is 16.0 Å². The molecule has 1 aromatic carbocycles. The summed E-state index contributed by atoms with van der Waals surface area (Å²) in [5.41, 5.74) is 0.343. The molecule has 1 aromatic rings. The van der Waals surface area contributed by atoms with Crippen LogP contribution in [0.5, 0.6) is 0 Å². The van der Waals surface area contributed by atoms with Crippen LogP contribution in [0.15, 0.2) is 29.2 Å². The van der Waals surface area contributed by atoms with Crippen molar-refractivity contribution in [2.24, 2.45) is 0 Å². The Morgan fingerprint density at radius 1 is 1.20 bits per heavy atom. The normalized spacial score (nSPS) is 16.6. The average Bonchev–Trinajstić information content (AvgIpc) is 2.99. The van der Waals surface area contributed by atoms with E-state index in [4.69, 9.17) is 0 Å². The Bertz CT molecular complexity index is 574. The second kappa shape index (κ2) is 5.93. The van der Waals surface area contributed by atoms with Crippen molar-refractivity contribution >= 4 is 16.0 Å². The van der Waals surface area contributed by atoms with Gasteiger partial charge in [0.15, 0.2) is 0 Å². The summed E-state index contributed by atoms with van der Waals surface area (Å²) in [5, 5.41) is 0. The molecule has 0 aromatic heterocycles. The minimum Gasteiger partial charge on any atom is -0.465 e. The van der Waals surface area contributed by atoms with Gasteiger partial charge in [0.05, 0.1) is 17.6 Å². The van der Waals surface area contributed by atoms with Crippen molar-refractivity contribution in [2.75, 3.05) is 14.2 Å². The van der Waals surface area contributed by atoms with E-state index in [1.165, 1.54) is 35.7 Å². The Balaban J connectivity index is 2.23. The molecule has 6 heteroatoms. The van der Waals surface area contributed by atoms with Gasteiger partial charge in [-0.15, -0.1) is 0 Å². The molecule has 0 N–H and O–H groups in total. The summed E-state index contributed by atoms with van der Waals surface area (Å²) in [6.45, 7) is 0. The van der Waals surface area contributed by atoms with Crippen molar-refractivity contribution in [3.05, 3.63) is 29.8 Å². The van der Waals surface area contributed by atoms with Gasteiger partial charge in [-0.1, -0.05) is 12.8 Å². The van der Waals surface area contributed by atoms with Crippen molar-refractivity contribution in [3.63, 3.8) is 0 Å². The number of hydrogen-bond acceptors (Lipinski definition) is 4. The Hall–Kier alpha value is -1.40. The van der Waals surface area contributed by atoms with E-state index in [0.717, 1.165) is 25.7 Å². The largest absolute Gasteiger partial charge is 0.465 e. The molecule has 110 valence electrons. The average molecular weight is 297 g/mol. The van der Waals surface area contributed by atoms with E-state index in [1.54, 1.807) is 7.05 Å².